The smallest absolute Gasteiger partial charge is 0.351 e. The van der Waals surface area contributed by atoms with Crippen molar-refractivity contribution in [1.82, 2.24) is 14.2 Å². The van der Waals surface area contributed by atoms with Gasteiger partial charge in [0, 0.05) is 26.7 Å². The molecule has 0 aliphatic heterocycles. The molecule has 1 saturated carbocycles. The number of pyridine rings is 1. The zero-order chi connectivity index (χ0) is 20.0. The summed E-state index contributed by atoms with van der Waals surface area (Å²) in [6.45, 7) is 5.06. The summed E-state index contributed by atoms with van der Waals surface area (Å²) in [4.78, 5) is 30.1. The van der Waals surface area contributed by atoms with Gasteiger partial charge >= 0.3 is 5.69 Å². The van der Waals surface area contributed by atoms with E-state index in [1.54, 1.807) is 11.9 Å². The molecule has 0 unspecified atom stereocenters. The minimum absolute atomic E-state index is 0.0202. The number of anilines is 1. The molecule has 0 atom stereocenters. The number of aromatic nitrogens is 3. The highest BCUT2D eigenvalue weighted by molar-refractivity contribution is 5.76. The number of nitrogens with zero attached hydrogens (tertiary/aromatic N) is 4. The average molecular weight is 370 g/mol. The summed E-state index contributed by atoms with van der Waals surface area (Å²) < 4.78 is 16.0. The van der Waals surface area contributed by atoms with Crippen molar-refractivity contribution in [2.24, 2.45) is 5.73 Å². The van der Waals surface area contributed by atoms with Crippen LogP contribution in [0.25, 0.3) is 11.0 Å². The zero-order valence-corrected chi connectivity index (χ0v) is 15.6. The predicted octanol–water partition coefficient (Wildman–Crippen LogP) is -0.224. The van der Waals surface area contributed by atoms with E-state index in [1.807, 2.05) is 13.8 Å². The normalized spacial score (nSPS) is 12.7. The lowest BCUT2D eigenvalue weighted by atomic mass is 10.3. The molecule has 2 aromatic rings. The van der Waals surface area contributed by atoms with Crippen LogP contribution in [0, 0.1) is 5.82 Å². The molecule has 1 fully saturated rings. The summed E-state index contributed by atoms with van der Waals surface area (Å²) in [5, 5.41) is 7.02. The van der Waals surface area contributed by atoms with Crippen LogP contribution >= 0.6 is 0 Å². The van der Waals surface area contributed by atoms with E-state index >= 15 is 0 Å². The van der Waals surface area contributed by atoms with E-state index in [4.69, 9.17) is 16.7 Å². The highest BCUT2D eigenvalue weighted by Gasteiger charge is 2.29. The molecule has 1 aliphatic rings. The number of nitrogens with two attached hydrogens (primary N) is 2. The van der Waals surface area contributed by atoms with E-state index in [2.05, 4.69) is 4.98 Å². The lowest BCUT2D eigenvalue weighted by Gasteiger charge is -2.18. The fraction of sp³-hybridized carbons (Fsp3) is 0.562. The largest absolute Gasteiger partial charge is 0.400 e. The summed E-state index contributed by atoms with van der Waals surface area (Å²) in [6.07, 6.45) is 1.65. The third-order valence-electron chi connectivity index (χ3n) is 3.77. The van der Waals surface area contributed by atoms with Gasteiger partial charge < -0.3 is 21.6 Å². The summed E-state index contributed by atoms with van der Waals surface area (Å²) >= 11 is 0. The van der Waals surface area contributed by atoms with Crippen molar-refractivity contribution in [2.45, 2.75) is 32.7 Å². The minimum Gasteiger partial charge on any atom is -0.400 e. The Morgan fingerprint density at radius 3 is 2.35 bits per heavy atom. The van der Waals surface area contributed by atoms with Crippen LogP contribution in [0.1, 0.15) is 32.7 Å². The molecule has 0 saturated heterocycles. The second-order valence-corrected chi connectivity index (χ2v) is 5.65. The number of hydrogen-bond donors (Lipinski definition) is 3. The van der Waals surface area contributed by atoms with Gasteiger partial charge in [-0.15, -0.1) is 0 Å². The Hall–Kier alpha value is -2.46. The number of hydrogen-bond acceptors (Lipinski definition) is 7. The SMILES string of the molecule is CCN.CCN(C)c1nc2c(cc1F)c(=O)n(N)c(=O)n2C1CC1.CO. The second kappa shape index (κ2) is 9.30. The number of rotatable bonds is 3. The van der Waals surface area contributed by atoms with Crippen molar-refractivity contribution in [3.05, 3.63) is 32.7 Å². The third kappa shape index (κ3) is 4.20. The Morgan fingerprint density at radius 2 is 1.88 bits per heavy atom. The molecule has 146 valence electrons. The van der Waals surface area contributed by atoms with Crippen LogP contribution in [0.5, 0.6) is 0 Å². The van der Waals surface area contributed by atoms with Crippen molar-refractivity contribution in [1.29, 1.82) is 0 Å². The maximum atomic E-state index is 14.1. The minimum atomic E-state index is -0.732. The van der Waals surface area contributed by atoms with Gasteiger partial charge in [-0.1, -0.05) is 6.92 Å². The lowest BCUT2D eigenvalue weighted by molar-refractivity contribution is 0.399. The lowest BCUT2D eigenvalue weighted by Crippen LogP contribution is -2.44. The molecule has 1 aliphatic carbocycles. The monoisotopic (exact) mass is 370 g/mol. The predicted molar refractivity (Wildman–Crippen MR) is 100 cm³/mol. The van der Waals surface area contributed by atoms with Gasteiger partial charge in [0.1, 0.15) is 0 Å². The summed E-state index contributed by atoms with van der Waals surface area (Å²) in [7, 11) is 2.70. The van der Waals surface area contributed by atoms with Crippen LogP contribution in [0.3, 0.4) is 0 Å². The summed E-state index contributed by atoms with van der Waals surface area (Å²) in [5.74, 6) is 5.01. The highest BCUT2D eigenvalue weighted by Crippen LogP contribution is 2.35. The number of halogens is 1. The average Bonchev–Trinajstić information content (AvgIpc) is 3.47. The van der Waals surface area contributed by atoms with Gasteiger partial charge in [-0.2, -0.15) is 4.68 Å². The van der Waals surface area contributed by atoms with Crippen LogP contribution in [-0.4, -0.2) is 46.6 Å². The molecule has 0 spiro atoms. The molecule has 0 aromatic carbocycles. The molecular weight excluding hydrogens is 343 g/mol. The number of fused-ring (bicyclic) bond motifs is 1. The molecule has 0 amide bonds. The van der Waals surface area contributed by atoms with Crippen molar-refractivity contribution >= 4 is 16.9 Å². The molecule has 5 N–H and O–H groups in total. The summed E-state index contributed by atoms with van der Waals surface area (Å²) in [5.41, 5.74) is 3.70. The molecule has 0 radical (unpaired) electrons. The van der Waals surface area contributed by atoms with Gasteiger partial charge in [0.25, 0.3) is 5.56 Å². The van der Waals surface area contributed by atoms with Gasteiger partial charge in [0.2, 0.25) is 0 Å². The van der Waals surface area contributed by atoms with E-state index in [1.165, 1.54) is 4.57 Å². The van der Waals surface area contributed by atoms with E-state index in [-0.39, 0.29) is 22.9 Å². The van der Waals surface area contributed by atoms with E-state index in [0.717, 1.165) is 32.6 Å². The first-order chi connectivity index (χ1) is 12.4. The standard InChI is InChI=1S/C13H16FN5O2.C2H7N.CH4O/c1-3-17(2)11-9(14)6-8-10(16-11)18(7-4-5-7)13(21)19(15)12(8)20;1-2-3;1-2/h6-7H,3-5,15H2,1-2H3;2-3H2,1H3;2H,1H3. The first-order valence-electron chi connectivity index (χ1n) is 8.36. The van der Waals surface area contributed by atoms with E-state index in [0.29, 0.717) is 11.2 Å². The van der Waals surface area contributed by atoms with Crippen molar-refractivity contribution in [3.8, 4) is 0 Å². The molecule has 9 nitrogen and oxygen atoms in total. The Morgan fingerprint density at radius 1 is 1.35 bits per heavy atom. The van der Waals surface area contributed by atoms with Crippen molar-refractivity contribution in [2.75, 3.05) is 38.0 Å². The van der Waals surface area contributed by atoms with Crippen molar-refractivity contribution in [3.63, 3.8) is 0 Å². The third-order valence-corrected chi connectivity index (χ3v) is 3.77. The maximum Gasteiger partial charge on any atom is 0.351 e. The molecule has 26 heavy (non-hydrogen) atoms. The first kappa shape index (κ1) is 21.6. The first-order valence-corrected chi connectivity index (χ1v) is 8.36. The van der Waals surface area contributed by atoms with Crippen LogP contribution in [-0.2, 0) is 0 Å². The van der Waals surface area contributed by atoms with Gasteiger partial charge in [0.15, 0.2) is 17.3 Å². The summed E-state index contributed by atoms with van der Waals surface area (Å²) in [6, 6.07) is 1.08. The number of aliphatic hydroxyl groups excluding tert-OH is 1. The zero-order valence-electron chi connectivity index (χ0n) is 15.6. The Bertz CT molecular complexity index is 860. The molecule has 2 heterocycles. The van der Waals surface area contributed by atoms with Gasteiger partial charge in [-0.05, 0) is 32.4 Å². The van der Waals surface area contributed by atoms with Gasteiger partial charge in [0.05, 0.1) is 5.39 Å². The van der Waals surface area contributed by atoms with Gasteiger partial charge in [-0.3, -0.25) is 9.36 Å². The maximum absolute atomic E-state index is 14.1. The van der Waals surface area contributed by atoms with Crippen LogP contribution < -0.4 is 27.7 Å². The van der Waals surface area contributed by atoms with Crippen LogP contribution in [0.2, 0.25) is 0 Å². The van der Waals surface area contributed by atoms with Crippen LogP contribution in [0.4, 0.5) is 10.2 Å². The fourth-order valence-electron chi connectivity index (χ4n) is 2.31. The fourth-order valence-corrected chi connectivity index (χ4v) is 2.31. The molecule has 10 heteroatoms. The van der Waals surface area contributed by atoms with Crippen LogP contribution in [0.15, 0.2) is 15.7 Å². The molecular formula is C16H27FN6O3. The van der Waals surface area contributed by atoms with Gasteiger partial charge in [-0.25, -0.2) is 14.2 Å². The topological polar surface area (TPSA) is 132 Å². The molecule has 2 aromatic heterocycles. The van der Waals surface area contributed by atoms with Crippen molar-refractivity contribution < 1.29 is 9.50 Å². The Labute approximate surface area is 150 Å². The van der Waals surface area contributed by atoms with E-state index in [9.17, 15) is 14.0 Å². The number of aliphatic hydroxyl groups is 1. The Kier molecular flexibility index (Phi) is 7.72. The quantitative estimate of drug-likeness (QED) is 0.636. The molecule has 3 rings (SSSR count). The Balaban J connectivity index is 0.000000615. The highest BCUT2D eigenvalue weighted by atomic mass is 19.1. The number of nitrogen functional groups attached to an aromatic ring is 1. The second-order valence-electron chi connectivity index (χ2n) is 5.65. The van der Waals surface area contributed by atoms with E-state index < -0.39 is 17.1 Å². The molecule has 0 bridgehead atoms.